The van der Waals surface area contributed by atoms with Crippen LogP contribution in [0.2, 0.25) is 0 Å². The average molecular weight is 291 g/mol. The molecule has 0 amide bonds. The molecule has 2 aromatic carbocycles. The first-order valence-corrected chi connectivity index (χ1v) is 7.63. The Morgan fingerprint density at radius 1 is 1.00 bits per heavy atom. The Hall–Kier alpha value is -2.39. The van der Waals surface area contributed by atoms with Gasteiger partial charge in [0.15, 0.2) is 0 Å². The first-order valence-electron chi connectivity index (χ1n) is 6.82. The Morgan fingerprint density at radius 3 is 2.67 bits per heavy atom. The van der Waals surface area contributed by atoms with Crippen molar-refractivity contribution >= 4 is 21.6 Å². The van der Waals surface area contributed by atoms with E-state index in [9.17, 15) is 0 Å². The summed E-state index contributed by atoms with van der Waals surface area (Å²) in [5.41, 5.74) is 4.54. The van der Waals surface area contributed by atoms with Crippen LogP contribution < -0.4 is 0 Å². The van der Waals surface area contributed by atoms with E-state index in [4.69, 9.17) is 9.40 Å². The zero-order chi connectivity index (χ0) is 14.2. The minimum absolute atomic E-state index is 0.906. The fraction of sp³-hybridized carbons (Fsp3) is 0.0556. The predicted octanol–water partition coefficient (Wildman–Crippen LogP) is 5.53. The number of rotatable bonds is 2. The lowest BCUT2D eigenvalue weighted by atomic mass is 10.0. The zero-order valence-electron chi connectivity index (χ0n) is 11.5. The van der Waals surface area contributed by atoms with Gasteiger partial charge in [-0.25, -0.2) is 4.98 Å². The fourth-order valence-corrected chi connectivity index (χ4v) is 3.46. The van der Waals surface area contributed by atoms with Gasteiger partial charge in [0.25, 0.3) is 0 Å². The van der Waals surface area contributed by atoms with Crippen molar-refractivity contribution in [3.05, 3.63) is 66.4 Å². The van der Waals surface area contributed by atoms with Crippen molar-refractivity contribution < 1.29 is 4.42 Å². The van der Waals surface area contributed by atoms with Gasteiger partial charge in [-0.3, -0.25) is 0 Å². The van der Waals surface area contributed by atoms with Gasteiger partial charge in [-0.15, -0.1) is 11.3 Å². The highest BCUT2D eigenvalue weighted by Crippen LogP contribution is 2.33. The number of hydrogen-bond donors (Lipinski definition) is 0. The van der Waals surface area contributed by atoms with E-state index in [0.717, 1.165) is 27.4 Å². The van der Waals surface area contributed by atoms with Gasteiger partial charge in [0.05, 0.1) is 16.5 Å². The Kier molecular flexibility index (Phi) is 2.86. The molecule has 0 N–H and O–H groups in total. The van der Waals surface area contributed by atoms with E-state index in [1.807, 2.05) is 18.2 Å². The number of aromatic nitrogens is 1. The van der Waals surface area contributed by atoms with Gasteiger partial charge >= 0.3 is 0 Å². The normalized spacial score (nSPS) is 11.1. The molecule has 0 saturated heterocycles. The molecule has 2 nitrogen and oxygen atoms in total. The number of benzene rings is 2. The van der Waals surface area contributed by atoms with E-state index in [2.05, 4.69) is 43.3 Å². The highest BCUT2D eigenvalue weighted by atomic mass is 32.1. The van der Waals surface area contributed by atoms with E-state index in [1.165, 1.54) is 10.3 Å². The molecule has 0 atom stereocenters. The van der Waals surface area contributed by atoms with Crippen LogP contribution in [0.4, 0.5) is 0 Å². The third-order valence-electron chi connectivity index (χ3n) is 3.55. The Balaban J connectivity index is 1.80. The molecule has 0 bridgehead atoms. The third kappa shape index (κ3) is 2.16. The van der Waals surface area contributed by atoms with Crippen LogP contribution in [0, 0.1) is 6.92 Å². The molecule has 0 aliphatic rings. The zero-order valence-corrected chi connectivity index (χ0v) is 12.4. The summed E-state index contributed by atoms with van der Waals surface area (Å²) in [6, 6.07) is 18.5. The number of thiazole rings is 1. The molecule has 0 radical (unpaired) electrons. The molecule has 0 saturated carbocycles. The summed E-state index contributed by atoms with van der Waals surface area (Å²) in [7, 11) is 0. The maximum absolute atomic E-state index is 5.48. The summed E-state index contributed by atoms with van der Waals surface area (Å²) in [6.45, 7) is 2.11. The molecule has 2 aromatic heterocycles. The first kappa shape index (κ1) is 12.4. The Labute approximate surface area is 126 Å². The predicted molar refractivity (Wildman–Crippen MR) is 87.5 cm³/mol. The highest BCUT2D eigenvalue weighted by molar-refractivity contribution is 7.21. The molecule has 0 unspecified atom stereocenters. The number of nitrogens with zero attached hydrogens (tertiary/aromatic N) is 1. The number of para-hydroxylation sites is 1. The molecular weight excluding hydrogens is 278 g/mol. The second-order valence-electron chi connectivity index (χ2n) is 4.99. The van der Waals surface area contributed by atoms with E-state index in [1.54, 1.807) is 17.6 Å². The molecule has 102 valence electrons. The second-order valence-corrected chi connectivity index (χ2v) is 6.02. The van der Waals surface area contributed by atoms with Gasteiger partial charge in [0.1, 0.15) is 10.8 Å². The molecule has 0 aliphatic heterocycles. The van der Waals surface area contributed by atoms with E-state index < -0.39 is 0 Å². The average Bonchev–Trinajstić information content (AvgIpc) is 3.16. The van der Waals surface area contributed by atoms with Gasteiger partial charge < -0.3 is 4.42 Å². The SMILES string of the molecule is Cc1cc(-c2nc3ccccc3s2)ccc1-c1ccco1. The summed E-state index contributed by atoms with van der Waals surface area (Å²) in [5, 5.41) is 1.06. The summed E-state index contributed by atoms with van der Waals surface area (Å²) < 4.78 is 6.70. The van der Waals surface area contributed by atoms with E-state index in [0.29, 0.717) is 0 Å². The van der Waals surface area contributed by atoms with Crippen LogP contribution in [-0.4, -0.2) is 4.98 Å². The van der Waals surface area contributed by atoms with Crippen molar-refractivity contribution in [2.45, 2.75) is 6.92 Å². The van der Waals surface area contributed by atoms with E-state index >= 15 is 0 Å². The van der Waals surface area contributed by atoms with Gasteiger partial charge in [0.2, 0.25) is 0 Å². The maximum atomic E-state index is 5.48. The lowest BCUT2D eigenvalue weighted by molar-refractivity contribution is 0.582. The van der Waals surface area contributed by atoms with Crippen molar-refractivity contribution in [3.8, 4) is 21.9 Å². The minimum Gasteiger partial charge on any atom is -0.464 e. The minimum atomic E-state index is 0.906. The van der Waals surface area contributed by atoms with Crippen LogP contribution in [0.25, 0.3) is 32.1 Å². The molecule has 2 heterocycles. The van der Waals surface area contributed by atoms with Crippen molar-refractivity contribution in [1.29, 1.82) is 0 Å². The van der Waals surface area contributed by atoms with E-state index in [-0.39, 0.29) is 0 Å². The van der Waals surface area contributed by atoms with Gasteiger partial charge in [-0.1, -0.05) is 24.3 Å². The lowest BCUT2D eigenvalue weighted by Gasteiger charge is -2.04. The summed E-state index contributed by atoms with van der Waals surface area (Å²) in [6.07, 6.45) is 1.70. The summed E-state index contributed by atoms with van der Waals surface area (Å²) in [4.78, 5) is 4.71. The van der Waals surface area contributed by atoms with Crippen molar-refractivity contribution in [3.63, 3.8) is 0 Å². The van der Waals surface area contributed by atoms with Gasteiger partial charge in [0, 0.05) is 11.1 Å². The molecule has 21 heavy (non-hydrogen) atoms. The fourth-order valence-electron chi connectivity index (χ4n) is 2.50. The Bertz CT molecular complexity index is 873. The quantitative estimate of drug-likeness (QED) is 0.485. The standard InChI is InChI=1S/C18H13NOS/c1-12-11-13(8-9-14(12)16-6-4-10-20-16)18-19-15-5-2-3-7-17(15)21-18/h2-11H,1H3. The topological polar surface area (TPSA) is 26.0 Å². The largest absolute Gasteiger partial charge is 0.464 e. The molecule has 0 spiro atoms. The second kappa shape index (κ2) is 4.86. The van der Waals surface area contributed by atoms with Crippen molar-refractivity contribution in [2.24, 2.45) is 0 Å². The smallest absolute Gasteiger partial charge is 0.134 e. The van der Waals surface area contributed by atoms with Gasteiger partial charge in [-0.2, -0.15) is 0 Å². The molecule has 0 aliphatic carbocycles. The summed E-state index contributed by atoms with van der Waals surface area (Å²) in [5.74, 6) is 0.906. The lowest BCUT2D eigenvalue weighted by Crippen LogP contribution is -1.83. The van der Waals surface area contributed by atoms with Crippen LogP contribution in [0.5, 0.6) is 0 Å². The van der Waals surface area contributed by atoms with Crippen molar-refractivity contribution in [1.82, 2.24) is 4.98 Å². The molecule has 4 aromatic rings. The Morgan fingerprint density at radius 2 is 1.90 bits per heavy atom. The first-order chi connectivity index (χ1) is 10.3. The van der Waals surface area contributed by atoms with Crippen LogP contribution in [-0.2, 0) is 0 Å². The number of aryl methyl sites for hydroxylation is 1. The highest BCUT2D eigenvalue weighted by Gasteiger charge is 2.09. The number of furan rings is 1. The van der Waals surface area contributed by atoms with Crippen LogP contribution in [0.3, 0.4) is 0 Å². The molecular formula is C18H13NOS. The van der Waals surface area contributed by atoms with Gasteiger partial charge in [-0.05, 0) is 42.8 Å². The van der Waals surface area contributed by atoms with Crippen LogP contribution >= 0.6 is 11.3 Å². The molecule has 0 fully saturated rings. The molecule has 4 rings (SSSR count). The van der Waals surface area contributed by atoms with Crippen LogP contribution in [0.15, 0.2) is 65.3 Å². The monoisotopic (exact) mass is 291 g/mol. The van der Waals surface area contributed by atoms with Crippen LogP contribution in [0.1, 0.15) is 5.56 Å². The summed E-state index contributed by atoms with van der Waals surface area (Å²) >= 11 is 1.73. The van der Waals surface area contributed by atoms with Crippen molar-refractivity contribution in [2.75, 3.05) is 0 Å². The third-order valence-corrected chi connectivity index (χ3v) is 4.64. The number of fused-ring (bicyclic) bond motifs is 1. The molecule has 3 heteroatoms. The maximum Gasteiger partial charge on any atom is 0.134 e. The number of hydrogen-bond acceptors (Lipinski definition) is 3.